The molecule has 1 aliphatic heterocycles. The third kappa shape index (κ3) is 4.03. The largest absolute Gasteiger partial charge is 0.394 e. The van der Waals surface area contributed by atoms with Gasteiger partial charge in [-0.15, -0.1) is 0 Å². The lowest BCUT2D eigenvalue weighted by atomic mass is 9.90. The van der Waals surface area contributed by atoms with E-state index in [1.807, 2.05) is 44.2 Å². The predicted molar refractivity (Wildman–Crippen MR) is 76.2 cm³/mol. The molecular weight excluding hydrogens is 256 g/mol. The number of hydrogen-bond acceptors (Lipinski definition) is 4. The van der Waals surface area contributed by atoms with Crippen molar-refractivity contribution in [1.82, 2.24) is 0 Å². The van der Waals surface area contributed by atoms with E-state index in [9.17, 15) is 5.11 Å². The van der Waals surface area contributed by atoms with Gasteiger partial charge in [-0.2, -0.15) is 0 Å². The first-order chi connectivity index (χ1) is 9.63. The zero-order valence-corrected chi connectivity index (χ0v) is 12.1. The molecular formula is C16H24O4. The van der Waals surface area contributed by atoms with E-state index in [2.05, 4.69) is 0 Å². The Morgan fingerprint density at radius 3 is 2.55 bits per heavy atom. The highest BCUT2D eigenvalue weighted by Gasteiger charge is 2.45. The first kappa shape index (κ1) is 15.4. The molecule has 1 aliphatic rings. The highest BCUT2D eigenvalue weighted by molar-refractivity contribution is 5.13. The van der Waals surface area contributed by atoms with E-state index < -0.39 is 6.10 Å². The quantitative estimate of drug-likeness (QED) is 0.710. The molecule has 1 aromatic rings. The van der Waals surface area contributed by atoms with E-state index in [1.165, 1.54) is 0 Å². The maximum absolute atomic E-state index is 10.3. The van der Waals surface area contributed by atoms with Crippen molar-refractivity contribution in [2.24, 2.45) is 11.8 Å². The summed E-state index contributed by atoms with van der Waals surface area (Å²) < 4.78 is 11.0. The Balaban J connectivity index is 1.70. The van der Waals surface area contributed by atoms with Gasteiger partial charge < -0.3 is 19.7 Å². The van der Waals surface area contributed by atoms with E-state index in [0.717, 1.165) is 5.56 Å². The molecule has 0 aliphatic carbocycles. The topological polar surface area (TPSA) is 62.2 Å². The monoisotopic (exact) mass is 280 g/mol. The van der Waals surface area contributed by atoms with Crippen molar-refractivity contribution in [1.29, 1.82) is 0 Å². The molecule has 112 valence electrons. The van der Waals surface area contributed by atoms with Gasteiger partial charge in [-0.25, -0.2) is 0 Å². The van der Waals surface area contributed by atoms with Crippen LogP contribution in [0, 0.1) is 11.8 Å². The van der Waals surface area contributed by atoms with Crippen molar-refractivity contribution < 1.29 is 19.7 Å². The summed E-state index contributed by atoms with van der Waals surface area (Å²) in [5.74, 6) is 0.0553. The maximum Gasteiger partial charge on any atom is 0.108 e. The smallest absolute Gasteiger partial charge is 0.108 e. The van der Waals surface area contributed by atoms with Crippen LogP contribution in [0.2, 0.25) is 0 Å². The van der Waals surface area contributed by atoms with Gasteiger partial charge in [0.1, 0.15) is 6.10 Å². The Morgan fingerprint density at radius 2 is 1.95 bits per heavy atom. The van der Waals surface area contributed by atoms with E-state index >= 15 is 0 Å². The molecule has 1 aromatic carbocycles. The summed E-state index contributed by atoms with van der Waals surface area (Å²) in [5, 5.41) is 19.2. The highest BCUT2D eigenvalue weighted by atomic mass is 16.6. The SMILES string of the molecule is C[C@@H]([C@@H](O)[C@@H](C)COCc1ccccc1)[C@H]1O[C@@H]1CO. The fourth-order valence-corrected chi connectivity index (χ4v) is 2.51. The van der Waals surface area contributed by atoms with Crippen molar-refractivity contribution in [2.75, 3.05) is 13.2 Å². The third-order valence-electron chi connectivity index (χ3n) is 3.93. The lowest BCUT2D eigenvalue weighted by molar-refractivity contribution is -0.00204. The Kier molecular flexibility index (Phi) is 5.54. The van der Waals surface area contributed by atoms with Crippen LogP contribution in [0.5, 0.6) is 0 Å². The molecule has 1 saturated heterocycles. The lowest BCUT2D eigenvalue weighted by Gasteiger charge is -2.23. The Bertz CT molecular complexity index is 395. The molecule has 0 bridgehead atoms. The van der Waals surface area contributed by atoms with Gasteiger partial charge in [-0.3, -0.25) is 0 Å². The average molecular weight is 280 g/mol. The molecule has 1 fully saturated rings. The van der Waals surface area contributed by atoms with Gasteiger partial charge in [-0.05, 0) is 5.56 Å². The van der Waals surface area contributed by atoms with E-state index in [0.29, 0.717) is 13.2 Å². The molecule has 4 heteroatoms. The summed E-state index contributed by atoms with van der Waals surface area (Å²) >= 11 is 0. The third-order valence-corrected chi connectivity index (χ3v) is 3.93. The number of hydrogen-bond donors (Lipinski definition) is 2. The normalized spacial score (nSPS) is 26.0. The number of epoxide rings is 1. The molecule has 4 nitrogen and oxygen atoms in total. The van der Waals surface area contributed by atoms with Crippen molar-refractivity contribution in [2.45, 2.75) is 38.8 Å². The predicted octanol–water partition coefficient (Wildman–Crippen LogP) is 1.60. The van der Waals surface area contributed by atoms with Crippen LogP contribution in [-0.4, -0.2) is 41.7 Å². The van der Waals surface area contributed by atoms with Gasteiger partial charge in [-0.1, -0.05) is 44.2 Å². The second-order valence-corrected chi connectivity index (χ2v) is 5.65. The minimum atomic E-state index is -0.479. The Labute approximate surface area is 120 Å². The van der Waals surface area contributed by atoms with Crippen LogP contribution in [0.4, 0.5) is 0 Å². The van der Waals surface area contributed by atoms with E-state index in [-0.39, 0.29) is 30.7 Å². The molecule has 5 atom stereocenters. The molecule has 0 radical (unpaired) electrons. The summed E-state index contributed by atoms with van der Waals surface area (Å²) in [5.41, 5.74) is 1.13. The minimum absolute atomic E-state index is 0.0162. The summed E-state index contributed by atoms with van der Waals surface area (Å²) in [6, 6.07) is 9.99. The summed E-state index contributed by atoms with van der Waals surface area (Å²) in [6.07, 6.45) is -0.601. The van der Waals surface area contributed by atoms with Crippen molar-refractivity contribution in [3.63, 3.8) is 0 Å². The number of rotatable bonds is 8. The summed E-state index contributed by atoms with van der Waals surface area (Å²) in [6.45, 7) is 5.03. The molecule has 0 aromatic heterocycles. The molecule has 1 heterocycles. The number of aliphatic hydroxyl groups excluding tert-OH is 2. The van der Waals surface area contributed by atoms with Crippen LogP contribution in [0.15, 0.2) is 30.3 Å². The number of benzene rings is 1. The first-order valence-corrected chi connectivity index (χ1v) is 7.19. The van der Waals surface area contributed by atoms with Crippen LogP contribution in [0.1, 0.15) is 19.4 Å². The van der Waals surface area contributed by atoms with E-state index in [1.54, 1.807) is 0 Å². The van der Waals surface area contributed by atoms with Gasteiger partial charge >= 0.3 is 0 Å². The number of ether oxygens (including phenoxy) is 2. The van der Waals surface area contributed by atoms with Gasteiger partial charge in [0.2, 0.25) is 0 Å². The fraction of sp³-hybridized carbons (Fsp3) is 0.625. The maximum atomic E-state index is 10.3. The average Bonchev–Trinajstić information content (AvgIpc) is 3.26. The fourth-order valence-electron chi connectivity index (χ4n) is 2.51. The zero-order valence-electron chi connectivity index (χ0n) is 12.1. The van der Waals surface area contributed by atoms with Crippen LogP contribution in [-0.2, 0) is 16.1 Å². The van der Waals surface area contributed by atoms with Crippen LogP contribution in [0.25, 0.3) is 0 Å². The molecule has 0 unspecified atom stereocenters. The summed E-state index contributed by atoms with van der Waals surface area (Å²) in [7, 11) is 0. The van der Waals surface area contributed by atoms with Crippen molar-refractivity contribution in [3.05, 3.63) is 35.9 Å². The zero-order chi connectivity index (χ0) is 14.5. The highest BCUT2D eigenvalue weighted by Crippen LogP contribution is 2.33. The Morgan fingerprint density at radius 1 is 1.25 bits per heavy atom. The standard InChI is InChI=1S/C16H24O4/c1-11(9-19-10-13-6-4-3-5-7-13)15(18)12(2)16-14(8-17)20-16/h3-7,11-12,14-18H,8-10H2,1-2H3/t11-,12-,14+,15-,16+/m0/s1. The Hall–Kier alpha value is -0.940. The van der Waals surface area contributed by atoms with Gasteiger partial charge in [0.25, 0.3) is 0 Å². The van der Waals surface area contributed by atoms with Gasteiger partial charge in [0.05, 0.1) is 32.0 Å². The number of aliphatic hydroxyl groups is 2. The summed E-state index contributed by atoms with van der Waals surface area (Å²) in [4.78, 5) is 0. The van der Waals surface area contributed by atoms with Crippen LogP contribution in [0.3, 0.4) is 0 Å². The molecule has 2 rings (SSSR count). The van der Waals surface area contributed by atoms with Crippen LogP contribution >= 0.6 is 0 Å². The van der Waals surface area contributed by atoms with Crippen LogP contribution < -0.4 is 0 Å². The molecule has 0 saturated carbocycles. The molecule has 20 heavy (non-hydrogen) atoms. The lowest BCUT2D eigenvalue weighted by Crippen LogP contribution is -2.32. The molecule has 0 amide bonds. The second kappa shape index (κ2) is 7.18. The molecule has 2 N–H and O–H groups in total. The second-order valence-electron chi connectivity index (χ2n) is 5.65. The van der Waals surface area contributed by atoms with Crippen molar-refractivity contribution >= 4 is 0 Å². The molecule has 0 spiro atoms. The minimum Gasteiger partial charge on any atom is -0.394 e. The first-order valence-electron chi connectivity index (χ1n) is 7.19. The van der Waals surface area contributed by atoms with Gasteiger partial charge in [0, 0.05) is 11.8 Å². The van der Waals surface area contributed by atoms with E-state index in [4.69, 9.17) is 14.6 Å². The van der Waals surface area contributed by atoms with Gasteiger partial charge in [0.15, 0.2) is 0 Å². The van der Waals surface area contributed by atoms with Crippen molar-refractivity contribution in [3.8, 4) is 0 Å².